The molecule has 0 unspecified atom stereocenters. The van der Waals surface area contributed by atoms with Gasteiger partial charge in [-0.3, -0.25) is 0 Å². The lowest BCUT2D eigenvalue weighted by Gasteiger charge is -2.32. The highest BCUT2D eigenvalue weighted by Crippen LogP contribution is 2.37. The van der Waals surface area contributed by atoms with E-state index >= 15 is 0 Å². The van der Waals surface area contributed by atoms with Crippen molar-refractivity contribution in [2.75, 3.05) is 13.2 Å². The molecule has 0 amide bonds. The normalized spacial score (nSPS) is 29.1. The van der Waals surface area contributed by atoms with Gasteiger partial charge in [-0.05, 0) is 46.5 Å². The third kappa shape index (κ3) is 2.93. The minimum Gasteiger partial charge on any atom is -0.400 e. The molecule has 2 aliphatic rings. The second kappa shape index (κ2) is 4.75. The van der Waals surface area contributed by atoms with E-state index in [-0.39, 0.29) is 18.3 Å². The second-order valence-corrected chi connectivity index (χ2v) is 5.96. The molecular weight excluding hydrogens is 215 g/mol. The predicted octanol–water partition coefficient (Wildman–Crippen LogP) is 2.60. The largest absolute Gasteiger partial charge is 0.486 e. The van der Waals surface area contributed by atoms with Crippen LogP contribution in [0.15, 0.2) is 12.1 Å². The van der Waals surface area contributed by atoms with E-state index in [9.17, 15) is 0 Å². The van der Waals surface area contributed by atoms with Crippen molar-refractivity contribution < 1.29 is 14.0 Å². The van der Waals surface area contributed by atoms with Crippen LogP contribution in [-0.2, 0) is 14.0 Å². The minimum absolute atomic E-state index is 0.206. The Hall–Kier alpha value is -0.315. The van der Waals surface area contributed by atoms with Crippen molar-refractivity contribution in [2.45, 2.75) is 51.7 Å². The molecule has 0 aromatic rings. The van der Waals surface area contributed by atoms with Crippen molar-refractivity contribution >= 4 is 7.12 Å². The molecule has 0 aromatic carbocycles. The average molecular weight is 238 g/mol. The van der Waals surface area contributed by atoms with Crippen LogP contribution in [0.3, 0.4) is 0 Å². The van der Waals surface area contributed by atoms with Crippen LogP contribution in [0.4, 0.5) is 0 Å². The molecule has 96 valence electrons. The number of hydrogen-bond donors (Lipinski definition) is 0. The van der Waals surface area contributed by atoms with Crippen LogP contribution in [0.1, 0.15) is 40.5 Å². The van der Waals surface area contributed by atoms with Gasteiger partial charge in [-0.15, -0.1) is 0 Å². The molecular formula is C13H23BO3. The summed E-state index contributed by atoms with van der Waals surface area (Å²) in [5.74, 6) is 2.68. The van der Waals surface area contributed by atoms with E-state index in [2.05, 4.69) is 39.7 Å². The van der Waals surface area contributed by atoms with E-state index in [1.54, 1.807) is 0 Å². The van der Waals surface area contributed by atoms with E-state index in [4.69, 9.17) is 14.0 Å². The van der Waals surface area contributed by atoms with E-state index in [1.165, 1.54) is 0 Å². The summed E-state index contributed by atoms with van der Waals surface area (Å²) in [6, 6.07) is 0. The highest BCUT2D eigenvalue weighted by Gasteiger charge is 2.50. The van der Waals surface area contributed by atoms with Crippen LogP contribution >= 0.6 is 0 Å². The monoisotopic (exact) mass is 238 g/mol. The smallest absolute Gasteiger partial charge is 0.400 e. The van der Waals surface area contributed by atoms with E-state index in [0.29, 0.717) is 5.92 Å². The van der Waals surface area contributed by atoms with Crippen molar-refractivity contribution in [2.24, 2.45) is 5.92 Å². The summed E-state index contributed by atoms with van der Waals surface area (Å²) in [5, 5.41) is 0. The molecule has 2 heterocycles. The lowest BCUT2D eigenvalue weighted by Crippen LogP contribution is -2.41. The van der Waals surface area contributed by atoms with Gasteiger partial charge in [0.25, 0.3) is 0 Å². The first-order valence-electron chi connectivity index (χ1n) is 6.52. The molecule has 0 spiro atoms. The maximum atomic E-state index is 5.91. The first-order valence-corrected chi connectivity index (χ1v) is 6.52. The number of rotatable bonds is 2. The van der Waals surface area contributed by atoms with Gasteiger partial charge in [0.2, 0.25) is 0 Å². The van der Waals surface area contributed by atoms with Gasteiger partial charge < -0.3 is 14.0 Å². The molecule has 3 nitrogen and oxygen atoms in total. The van der Waals surface area contributed by atoms with Gasteiger partial charge in [-0.2, -0.15) is 0 Å². The maximum absolute atomic E-state index is 5.91. The Labute approximate surface area is 105 Å². The number of ether oxygens (including phenoxy) is 1. The van der Waals surface area contributed by atoms with E-state index in [1.807, 2.05) is 0 Å². The molecule has 2 aliphatic heterocycles. The Balaban J connectivity index is 1.90. The van der Waals surface area contributed by atoms with Crippen molar-refractivity contribution in [1.29, 1.82) is 0 Å². The van der Waals surface area contributed by atoms with Gasteiger partial charge in [0.15, 0.2) is 0 Å². The van der Waals surface area contributed by atoms with Gasteiger partial charge in [-0.1, -0.05) is 12.1 Å². The predicted molar refractivity (Wildman–Crippen MR) is 68.8 cm³/mol. The summed E-state index contributed by atoms with van der Waals surface area (Å²) >= 11 is 0. The summed E-state index contributed by atoms with van der Waals surface area (Å²) in [5.41, 5.74) is -0.477. The summed E-state index contributed by atoms with van der Waals surface area (Å²) in [6.45, 7) is 10.1. The Morgan fingerprint density at radius 3 is 2.06 bits per heavy atom. The van der Waals surface area contributed by atoms with Gasteiger partial charge >= 0.3 is 7.12 Å². The zero-order chi connectivity index (χ0) is 12.5. The van der Waals surface area contributed by atoms with Crippen LogP contribution in [0.25, 0.3) is 0 Å². The lowest BCUT2D eigenvalue weighted by molar-refractivity contribution is 0.00578. The SMILES string of the molecule is CC1(C)OB(C=CC2CCOCC2)OC1(C)C. The van der Waals surface area contributed by atoms with Gasteiger partial charge in [0, 0.05) is 13.2 Å². The summed E-state index contributed by atoms with van der Waals surface area (Å²) < 4.78 is 17.2. The molecule has 0 saturated carbocycles. The molecule has 0 bridgehead atoms. The zero-order valence-electron chi connectivity index (χ0n) is 11.4. The quantitative estimate of drug-likeness (QED) is 0.692. The van der Waals surface area contributed by atoms with Crippen molar-refractivity contribution in [3.63, 3.8) is 0 Å². The Morgan fingerprint density at radius 1 is 1.00 bits per heavy atom. The molecule has 2 fully saturated rings. The summed E-state index contributed by atoms with van der Waals surface area (Å²) in [6.07, 6.45) is 4.44. The Bertz CT molecular complexity index is 277. The van der Waals surface area contributed by atoms with Gasteiger partial charge in [-0.25, -0.2) is 0 Å². The molecule has 17 heavy (non-hydrogen) atoms. The Morgan fingerprint density at radius 2 is 1.53 bits per heavy atom. The van der Waals surface area contributed by atoms with Crippen molar-refractivity contribution in [3.8, 4) is 0 Å². The van der Waals surface area contributed by atoms with E-state index in [0.717, 1.165) is 26.1 Å². The van der Waals surface area contributed by atoms with Crippen LogP contribution in [0.5, 0.6) is 0 Å². The molecule has 2 rings (SSSR count). The van der Waals surface area contributed by atoms with Gasteiger partial charge in [0.1, 0.15) is 0 Å². The molecule has 4 heteroatoms. The molecule has 2 saturated heterocycles. The standard InChI is InChI=1S/C13H23BO3/c1-12(2)13(3,4)17-14(16-12)8-5-11-6-9-15-10-7-11/h5,8,11H,6-7,9-10H2,1-4H3. The minimum atomic E-state index is -0.238. The fraction of sp³-hybridized carbons (Fsp3) is 0.846. The number of allylic oxidation sites excluding steroid dienone is 1. The van der Waals surface area contributed by atoms with Crippen molar-refractivity contribution in [1.82, 2.24) is 0 Å². The highest BCUT2D eigenvalue weighted by atomic mass is 16.7. The Kier molecular flexibility index (Phi) is 3.67. The molecule has 0 N–H and O–H groups in total. The first kappa shape index (κ1) is 13.1. The van der Waals surface area contributed by atoms with Crippen LogP contribution in [-0.4, -0.2) is 31.5 Å². The van der Waals surface area contributed by atoms with Crippen LogP contribution in [0, 0.1) is 5.92 Å². The highest BCUT2D eigenvalue weighted by molar-refractivity contribution is 6.51. The van der Waals surface area contributed by atoms with Gasteiger partial charge in [0.05, 0.1) is 11.2 Å². The fourth-order valence-corrected chi connectivity index (χ4v) is 2.12. The molecule has 0 aliphatic carbocycles. The van der Waals surface area contributed by atoms with E-state index < -0.39 is 0 Å². The van der Waals surface area contributed by atoms with Crippen LogP contribution in [0.2, 0.25) is 0 Å². The first-order chi connectivity index (χ1) is 7.91. The second-order valence-electron chi connectivity index (χ2n) is 5.96. The maximum Gasteiger partial charge on any atom is 0.486 e. The molecule has 0 radical (unpaired) electrons. The average Bonchev–Trinajstić information content (AvgIpc) is 2.46. The van der Waals surface area contributed by atoms with Crippen molar-refractivity contribution in [3.05, 3.63) is 12.1 Å². The topological polar surface area (TPSA) is 27.7 Å². The fourth-order valence-electron chi connectivity index (χ4n) is 2.12. The summed E-state index contributed by atoms with van der Waals surface area (Å²) in [7, 11) is -0.206. The number of hydrogen-bond acceptors (Lipinski definition) is 3. The lowest BCUT2D eigenvalue weighted by atomic mass is 9.86. The summed E-state index contributed by atoms with van der Waals surface area (Å²) in [4.78, 5) is 0. The molecule has 0 aromatic heterocycles. The third-order valence-corrected chi connectivity index (χ3v) is 4.08. The van der Waals surface area contributed by atoms with Crippen LogP contribution < -0.4 is 0 Å². The third-order valence-electron chi connectivity index (χ3n) is 4.08. The zero-order valence-corrected chi connectivity index (χ0v) is 11.4. The molecule has 0 atom stereocenters.